The van der Waals surface area contributed by atoms with Crippen LogP contribution in [0.3, 0.4) is 0 Å². The normalized spacial score (nSPS) is 12.5. The van der Waals surface area contributed by atoms with Gasteiger partial charge < -0.3 is 10.0 Å². The van der Waals surface area contributed by atoms with Gasteiger partial charge in [-0.15, -0.1) is 0 Å². The van der Waals surface area contributed by atoms with Gasteiger partial charge in [-0.25, -0.2) is 4.79 Å². The van der Waals surface area contributed by atoms with Gasteiger partial charge in [0.15, 0.2) is 0 Å². The average molecular weight is 225 g/mol. The van der Waals surface area contributed by atoms with Crippen LogP contribution in [0.1, 0.15) is 24.2 Å². The maximum Gasteiger partial charge on any atom is 0.326 e. The lowest BCUT2D eigenvalue weighted by Gasteiger charge is -2.27. The highest BCUT2D eigenvalue weighted by Crippen LogP contribution is 2.12. The van der Waals surface area contributed by atoms with Gasteiger partial charge in [0.2, 0.25) is 0 Å². The molecule has 0 spiro atoms. The number of rotatable bonds is 4. The van der Waals surface area contributed by atoms with Gasteiger partial charge in [-0.3, -0.25) is 9.89 Å². The molecule has 0 saturated heterocycles. The second-order valence-corrected chi connectivity index (χ2v) is 3.93. The molecule has 0 aliphatic carbocycles. The fourth-order valence-electron chi connectivity index (χ4n) is 1.60. The summed E-state index contributed by atoms with van der Waals surface area (Å²) >= 11 is 0. The molecule has 1 unspecified atom stereocenters. The van der Waals surface area contributed by atoms with Crippen molar-refractivity contribution >= 4 is 11.9 Å². The molecule has 0 aromatic carbocycles. The number of amides is 1. The molecule has 6 nitrogen and oxygen atoms in total. The maximum atomic E-state index is 11.9. The number of hydrogen-bond acceptors (Lipinski definition) is 3. The summed E-state index contributed by atoms with van der Waals surface area (Å²) in [5.41, 5.74) is 0.356. The molecule has 2 N–H and O–H groups in total. The quantitative estimate of drug-likeness (QED) is 0.785. The van der Waals surface area contributed by atoms with Gasteiger partial charge >= 0.3 is 5.97 Å². The molecule has 0 radical (unpaired) electrons. The van der Waals surface area contributed by atoms with Gasteiger partial charge in [-0.05, 0) is 5.92 Å². The number of carboxylic acid groups (broad SMARTS) is 1. The Hall–Kier alpha value is -1.85. The van der Waals surface area contributed by atoms with Gasteiger partial charge in [0.05, 0.1) is 11.8 Å². The average Bonchev–Trinajstić information content (AvgIpc) is 2.67. The van der Waals surface area contributed by atoms with Crippen molar-refractivity contribution in [2.24, 2.45) is 5.92 Å². The van der Waals surface area contributed by atoms with Crippen LogP contribution in [0.15, 0.2) is 12.4 Å². The number of H-pyrrole nitrogens is 1. The number of aromatic nitrogens is 2. The van der Waals surface area contributed by atoms with Crippen LogP contribution >= 0.6 is 0 Å². The fraction of sp³-hybridized carbons (Fsp3) is 0.500. The Morgan fingerprint density at radius 1 is 1.50 bits per heavy atom. The molecule has 1 amide bonds. The number of nitrogens with one attached hydrogen (secondary N) is 1. The topological polar surface area (TPSA) is 86.3 Å². The molecule has 6 heteroatoms. The van der Waals surface area contributed by atoms with E-state index in [1.54, 1.807) is 13.8 Å². The summed E-state index contributed by atoms with van der Waals surface area (Å²) in [5.74, 6) is -1.51. The van der Waals surface area contributed by atoms with Crippen molar-refractivity contribution in [1.82, 2.24) is 15.1 Å². The molecule has 0 aliphatic rings. The van der Waals surface area contributed by atoms with E-state index in [1.807, 2.05) is 0 Å². The fourth-order valence-corrected chi connectivity index (χ4v) is 1.60. The number of hydrogen-bond donors (Lipinski definition) is 2. The molecule has 1 aromatic rings. The number of aromatic amines is 1. The molecule has 1 rings (SSSR count). The van der Waals surface area contributed by atoms with Crippen LogP contribution in [0.2, 0.25) is 0 Å². The van der Waals surface area contributed by atoms with Crippen molar-refractivity contribution in [2.75, 3.05) is 7.05 Å². The number of carboxylic acids is 1. The Kier molecular flexibility index (Phi) is 3.65. The van der Waals surface area contributed by atoms with Crippen molar-refractivity contribution in [3.8, 4) is 0 Å². The molecule has 16 heavy (non-hydrogen) atoms. The summed E-state index contributed by atoms with van der Waals surface area (Å²) in [5, 5.41) is 15.2. The predicted octanol–water partition coefficient (Wildman–Crippen LogP) is 0.591. The van der Waals surface area contributed by atoms with Crippen LogP contribution in [0.25, 0.3) is 0 Å². The van der Waals surface area contributed by atoms with Crippen molar-refractivity contribution in [3.63, 3.8) is 0 Å². The summed E-state index contributed by atoms with van der Waals surface area (Å²) in [4.78, 5) is 24.1. The first-order valence-electron chi connectivity index (χ1n) is 4.94. The highest BCUT2D eigenvalue weighted by Gasteiger charge is 2.30. The van der Waals surface area contributed by atoms with Gasteiger partial charge in [0, 0.05) is 13.2 Å². The predicted molar refractivity (Wildman–Crippen MR) is 56.9 cm³/mol. The Morgan fingerprint density at radius 3 is 2.50 bits per heavy atom. The third kappa shape index (κ3) is 2.39. The van der Waals surface area contributed by atoms with Crippen LogP contribution < -0.4 is 0 Å². The van der Waals surface area contributed by atoms with E-state index in [0.29, 0.717) is 5.56 Å². The van der Waals surface area contributed by atoms with Crippen LogP contribution in [0.4, 0.5) is 0 Å². The first kappa shape index (κ1) is 12.2. The highest BCUT2D eigenvalue weighted by atomic mass is 16.4. The maximum absolute atomic E-state index is 11.9. The lowest BCUT2D eigenvalue weighted by Crippen LogP contribution is -2.45. The lowest BCUT2D eigenvalue weighted by molar-refractivity contribution is -0.143. The van der Waals surface area contributed by atoms with Gasteiger partial charge in [-0.1, -0.05) is 13.8 Å². The molecule has 88 valence electrons. The second-order valence-electron chi connectivity index (χ2n) is 3.93. The van der Waals surface area contributed by atoms with E-state index in [-0.39, 0.29) is 11.8 Å². The third-order valence-electron chi connectivity index (χ3n) is 2.37. The Labute approximate surface area is 93.3 Å². The van der Waals surface area contributed by atoms with E-state index >= 15 is 0 Å². The zero-order valence-corrected chi connectivity index (χ0v) is 9.47. The van der Waals surface area contributed by atoms with Crippen LogP contribution in [-0.4, -0.2) is 45.2 Å². The summed E-state index contributed by atoms with van der Waals surface area (Å²) in [6, 6.07) is -0.831. The number of aliphatic carboxylic acids is 1. The zero-order chi connectivity index (χ0) is 12.3. The second kappa shape index (κ2) is 4.78. The molecular weight excluding hydrogens is 210 g/mol. The van der Waals surface area contributed by atoms with Gasteiger partial charge in [-0.2, -0.15) is 5.10 Å². The number of likely N-dealkylation sites (N-methyl/N-ethyl adjacent to an activating group) is 1. The molecule has 0 fully saturated rings. The van der Waals surface area contributed by atoms with Crippen LogP contribution in [0.5, 0.6) is 0 Å². The molecule has 1 atom stereocenters. The standard InChI is InChI=1S/C10H15N3O3/c1-6(2)8(10(15)16)13(3)9(14)7-4-11-12-5-7/h4-6,8H,1-3H3,(H,11,12)(H,15,16). The highest BCUT2D eigenvalue weighted by molar-refractivity contribution is 5.96. The minimum Gasteiger partial charge on any atom is -0.480 e. The monoisotopic (exact) mass is 225 g/mol. The number of carbonyl (C=O) groups is 2. The Balaban J connectivity index is 2.87. The van der Waals surface area contributed by atoms with Crippen LogP contribution in [0, 0.1) is 5.92 Å². The van der Waals surface area contributed by atoms with Crippen LogP contribution in [-0.2, 0) is 4.79 Å². The number of carbonyl (C=O) groups excluding carboxylic acids is 1. The van der Waals surface area contributed by atoms with E-state index < -0.39 is 12.0 Å². The van der Waals surface area contributed by atoms with Crippen molar-refractivity contribution < 1.29 is 14.7 Å². The van der Waals surface area contributed by atoms with E-state index in [1.165, 1.54) is 24.3 Å². The minimum atomic E-state index is -1.01. The SMILES string of the molecule is CC(C)C(C(=O)O)N(C)C(=O)c1cn[nH]c1. The van der Waals surface area contributed by atoms with Crippen molar-refractivity contribution in [2.45, 2.75) is 19.9 Å². The van der Waals surface area contributed by atoms with Crippen molar-refractivity contribution in [1.29, 1.82) is 0 Å². The summed E-state index contributed by atoms with van der Waals surface area (Å²) in [7, 11) is 1.48. The first-order valence-corrected chi connectivity index (χ1v) is 4.94. The molecular formula is C10H15N3O3. The van der Waals surface area contributed by atoms with E-state index in [4.69, 9.17) is 5.11 Å². The summed E-state index contributed by atoms with van der Waals surface area (Å²) < 4.78 is 0. The Morgan fingerprint density at radius 2 is 2.12 bits per heavy atom. The summed E-state index contributed by atoms with van der Waals surface area (Å²) in [6.45, 7) is 3.52. The third-order valence-corrected chi connectivity index (χ3v) is 2.37. The van der Waals surface area contributed by atoms with Gasteiger partial charge in [0.1, 0.15) is 6.04 Å². The molecule has 0 saturated carbocycles. The zero-order valence-electron chi connectivity index (χ0n) is 9.47. The van der Waals surface area contributed by atoms with E-state index in [9.17, 15) is 9.59 Å². The van der Waals surface area contributed by atoms with Crippen molar-refractivity contribution in [3.05, 3.63) is 18.0 Å². The Bertz CT molecular complexity index is 373. The lowest BCUT2D eigenvalue weighted by atomic mass is 10.0. The van der Waals surface area contributed by atoms with E-state index in [2.05, 4.69) is 10.2 Å². The molecule has 1 heterocycles. The molecule has 1 aromatic heterocycles. The van der Waals surface area contributed by atoms with Gasteiger partial charge in [0.25, 0.3) is 5.91 Å². The smallest absolute Gasteiger partial charge is 0.326 e. The molecule has 0 bridgehead atoms. The number of nitrogens with zero attached hydrogens (tertiary/aromatic N) is 2. The van der Waals surface area contributed by atoms with E-state index in [0.717, 1.165) is 0 Å². The largest absolute Gasteiger partial charge is 0.480 e. The first-order chi connectivity index (χ1) is 7.45. The molecule has 0 aliphatic heterocycles. The minimum absolute atomic E-state index is 0.154. The summed E-state index contributed by atoms with van der Waals surface area (Å²) in [6.07, 6.45) is 2.82.